The molecule has 1 fully saturated rings. The third kappa shape index (κ3) is 5.16. The smallest absolute Gasteiger partial charge is 0.246 e. The van der Waals surface area contributed by atoms with E-state index in [1.54, 1.807) is 0 Å². The second-order valence-corrected chi connectivity index (χ2v) is 9.16. The summed E-state index contributed by atoms with van der Waals surface area (Å²) in [5.41, 5.74) is 2.02. The lowest BCUT2D eigenvalue weighted by Gasteiger charge is -2.34. The molecule has 1 aromatic carbocycles. The molecule has 3 N–H and O–H groups in total. The Labute approximate surface area is 187 Å². The quantitative estimate of drug-likeness (QED) is 0.557. The lowest BCUT2D eigenvalue weighted by atomic mass is 9.85. The van der Waals surface area contributed by atoms with Crippen molar-refractivity contribution in [1.29, 1.82) is 0 Å². The number of β-amino-alcohol motifs (C(OH)–C–C–N with tert-alkyl or cyclic N) is 1. The van der Waals surface area contributed by atoms with Crippen LogP contribution in [0.1, 0.15) is 38.4 Å². The van der Waals surface area contributed by atoms with Crippen LogP contribution >= 0.6 is 0 Å². The van der Waals surface area contributed by atoms with Crippen LogP contribution in [0.5, 0.6) is 0 Å². The molecule has 2 aromatic rings. The van der Waals surface area contributed by atoms with Crippen molar-refractivity contribution in [3.8, 4) is 11.3 Å². The molecule has 0 unspecified atom stereocenters. The number of carbonyl (C=O) groups is 3. The average molecular weight is 443 g/mol. The normalized spacial score (nSPS) is 19.5. The van der Waals surface area contributed by atoms with E-state index in [4.69, 9.17) is 4.42 Å². The maximum Gasteiger partial charge on any atom is 0.246 e. The van der Waals surface area contributed by atoms with E-state index >= 15 is 0 Å². The van der Waals surface area contributed by atoms with Crippen molar-refractivity contribution in [1.82, 2.24) is 20.5 Å². The molecule has 3 atom stereocenters. The monoisotopic (exact) mass is 442 g/mol. The second-order valence-electron chi connectivity index (χ2n) is 9.16. The van der Waals surface area contributed by atoms with E-state index in [0.717, 1.165) is 16.8 Å². The fourth-order valence-corrected chi connectivity index (χ4v) is 3.89. The van der Waals surface area contributed by atoms with Gasteiger partial charge in [-0.05, 0) is 17.9 Å². The van der Waals surface area contributed by atoms with Gasteiger partial charge in [-0.15, -0.1) is 0 Å². The Balaban J connectivity index is 1.66. The van der Waals surface area contributed by atoms with Crippen LogP contribution < -0.4 is 10.6 Å². The molecule has 1 saturated heterocycles. The number of nitrogens with one attached hydrogen (secondary N) is 2. The second kappa shape index (κ2) is 9.52. The van der Waals surface area contributed by atoms with E-state index in [1.165, 1.54) is 11.3 Å². The Hall–Kier alpha value is -3.20. The van der Waals surface area contributed by atoms with Crippen LogP contribution in [0.4, 0.5) is 0 Å². The minimum atomic E-state index is -0.799. The number of aromatic nitrogens is 1. The number of benzene rings is 1. The molecular weight excluding hydrogens is 412 g/mol. The van der Waals surface area contributed by atoms with E-state index in [-0.39, 0.29) is 31.3 Å². The first-order valence-corrected chi connectivity index (χ1v) is 10.6. The molecule has 9 heteroatoms. The van der Waals surface area contributed by atoms with E-state index in [2.05, 4.69) is 15.6 Å². The van der Waals surface area contributed by atoms with Crippen LogP contribution in [-0.2, 0) is 20.9 Å². The molecule has 172 valence electrons. The van der Waals surface area contributed by atoms with Gasteiger partial charge >= 0.3 is 0 Å². The third-order valence-corrected chi connectivity index (χ3v) is 5.64. The number of hydrogen-bond donors (Lipinski definition) is 3. The zero-order valence-corrected chi connectivity index (χ0v) is 18.8. The molecule has 9 nitrogen and oxygen atoms in total. The first-order chi connectivity index (χ1) is 15.1. The highest BCUT2D eigenvalue weighted by molar-refractivity contribution is 5.91. The van der Waals surface area contributed by atoms with Crippen molar-refractivity contribution in [2.75, 3.05) is 6.54 Å². The predicted molar refractivity (Wildman–Crippen MR) is 117 cm³/mol. The van der Waals surface area contributed by atoms with E-state index < -0.39 is 23.6 Å². The summed E-state index contributed by atoms with van der Waals surface area (Å²) in [4.78, 5) is 42.4. The van der Waals surface area contributed by atoms with Crippen LogP contribution in [0.15, 0.2) is 35.1 Å². The van der Waals surface area contributed by atoms with E-state index in [9.17, 15) is 19.5 Å². The molecule has 0 spiro atoms. The van der Waals surface area contributed by atoms with Crippen LogP contribution in [0.2, 0.25) is 0 Å². The first-order valence-electron chi connectivity index (χ1n) is 10.6. The Morgan fingerprint density at radius 2 is 2.00 bits per heavy atom. The molecule has 3 amide bonds. The van der Waals surface area contributed by atoms with Crippen molar-refractivity contribution >= 4 is 18.2 Å². The Morgan fingerprint density at radius 3 is 2.56 bits per heavy atom. The highest BCUT2D eigenvalue weighted by atomic mass is 16.3. The van der Waals surface area contributed by atoms with Gasteiger partial charge in [-0.2, -0.15) is 0 Å². The number of hydrogen-bond acceptors (Lipinski definition) is 6. The van der Waals surface area contributed by atoms with Gasteiger partial charge in [-0.1, -0.05) is 45.0 Å². The van der Waals surface area contributed by atoms with E-state index in [1.807, 2.05) is 52.0 Å². The molecule has 32 heavy (non-hydrogen) atoms. The maximum absolute atomic E-state index is 13.1. The lowest BCUT2D eigenvalue weighted by molar-refractivity contribution is -0.143. The summed E-state index contributed by atoms with van der Waals surface area (Å²) >= 11 is 0. The minimum Gasteiger partial charge on any atom is -0.443 e. The number of carbonyl (C=O) groups excluding carboxylic acids is 3. The molecule has 2 heterocycles. The van der Waals surface area contributed by atoms with Gasteiger partial charge < -0.3 is 25.1 Å². The van der Waals surface area contributed by atoms with Crippen molar-refractivity contribution in [3.05, 3.63) is 41.9 Å². The van der Waals surface area contributed by atoms with Gasteiger partial charge in [-0.25, -0.2) is 4.98 Å². The lowest BCUT2D eigenvalue weighted by Crippen LogP contribution is -2.56. The van der Waals surface area contributed by atoms with Crippen molar-refractivity contribution in [2.24, 2.45) is 5.41 Å². The molecular formula is C23H30N4O5. The maximum atomic E-state index is 13.1. The van der Waals surface area contributed by atoms with Gasteiger partial charge in [-0.3, -0.25) is 14.4 Å². The third-order valence-electron chi connectivity index (χ3n) is 5.64. The van der Waals surface area contributed by atoms with Gasteiger partial charge in [0, 0.05) is 25.1 Å². The number of oxazole rings is 1. The van der Waals surface area contributed by atoms with Gasteiger partial charge in [0.25, 0.3) is 0 Å². The summed E-state index contributed by atoms with van der Waals surface area (Å²) in [6.45, 7) is 7.69. The van der Waals surface area contributed by atoms with E-state index in [0.29, 0.717) is 12.2 Å². The van der Waals surface area contributed by atoms with Crippen LogP contribution in [-0.4, -0.2) is 57.9 Å². The van der Waals surface area contributed by atoms with Crippen LogP contribution in [0.25, 0.3) is 11.3 Å². The van der Waals surface area contributed by atoms with Gasteiger partial charge in [0.2, 0.25) is 18.2 Å². The fraction of sp³-hybridized carbons (Fsp3) is 0.478. The number of aryl methyl sites for hydroxylation is 1. The van der Waals surface area contributed by atoms with Crippen LogP contribution in [0, 0.1) is 12.3 Å². The highest BCUT2D eigenvalue weighted by Crippen LogP contribution is 2.26. The van der Waals surface area contributed by atoms with Crippen molar-refractivity contribution in [2.45, 2.75) is 58.8 Å². The molecule has 0 radical (unpaired) electrons. The first kappa shape index (κ1) is 23.5. The fourth-order valence-electron chi connectivity index (χ4n) is 3.89. The zero-order valence-electron chi connectivity index (χ0n) is 18.8. The average Bonchev–Trinajstić information content (AvgIpc) is 3.35. The Kier molecular flexibility index (Phi) is 6.98. The largest absolute Gasteiger partial charge is 0.443 e. The van der Waals surface area contributed by atoms with Crippen molar-refractivity contribution < 1.29 is 23.9 Å². The molecule has 1 aromatic heterocycles. The molecule has 0 saturated carbocycles. The number of likely N-dealkylation sites (tertiary alicyclic amines) is 1. The Morgan fingerprint density at radius 1 is 1.31 bits per heavy atom. The SMILES string of the molecule is Cc1ncoc1-c1ccc(CNC(=O)[C@@H]2C[C@@H](O)CN2C(=O)[C@@H](NC=O)C(C)(C)C)cc1. The highest BCUT2D eigenvalue weighted by Gasteiger charge is 2.43. The van der Waals surface area contributed by atoms with Crippen LogP contribution in [0.3, 0.4) is 0 Å². The summed E-state index contributed by atoms with van der Waals surface area (Å²) in [7, 11) is 0. The number of aliphatic hydroxyl groups is 1. The Bertz CT molecular complexity index is 964. The zero-order chi connectivity index (χ0) is 23.5. The minimum absolute atomic E-state index is 0.0509. The van der Waals surface area contributed by atoms with Gasteiger partial charge in [0.05, 0.1) is 11.8 Å². The molecule has 0 aliphatic carbocycles. The molecule has 1 aliphatic heterocycles. The molecule has 0 bridgehead atoms. The summed E-state index contributed by atoms with van der Waals surface area (Å²) in [6, 6.07) is 5.95. The number of nitrogens with zero attached hydrogens (tertiary/aromatic N) is 2. The van der Waals surface area contributed by atoms with Gasteiger partial charge in [0.1, 0.15) is 12.1 Å². The standard InChI is InChI=1S/C23H30N4O5/c1-14-19(32-13-26-14)16-7-5-15(6-8-16)10-24-21(30)18-9-17(29)11-27(18)22(31)20(25-12-28)23(2,3)4/h5-8,12-13,17-18,20,29H,9-11H2,1-4H3,(H,24,30)(H,25,28)/t17-,18+,20-/m1/s1. The topological polar surface area (TPSA) is 125 Å². The molecule has 3 rings (SSSR count). The van der Waals surface area contributed by atoms with Crippen molar-refractivity contribution in [3.63, 3.8) is 0 Å². The summed E-state index contributed by atoms with van der Waals surface area (Å²) in [6.07, 6.45) is 1.24. The molecule has 1 aliphatic rings. The number of rotatable bonds is 7. The summed E-state index contributed by atoms with van der Waals surface area (Å²) in [5.74, 6) is -0.0242. The summed E-state index contributed by atoms with van der Waals surface area (Å²) in [5, 5.41) is 15.5. The number of amides is 3. The predicted octanol–water partition coefficient (Wildman–Crippen LogP) is 1.39. The number of aliphatic hydroxyl groups excluding tert-OH is 1. The van der Waals surface area contributed by atoms with Gasteiger partial charge in [0.15, 0.2) is 12.2 Å². The summed E-state index contributed by atoms with van der Waals surface area (Å²) < 4.78 is 5.39.